The fourth-order valence-electron chi connectivity index (χ4n) is 3.77. The van der Waals surface area contributed by atoms with Crippen molar-refractivity contribution in [3.8, 4) is 0 Å². The fraction of sp³-hybridized carbons (Fsp3) is 0.700. The van der Waals surface area contributed by atoms with E-state index in [1.165, 1.54) is 55.2 Å². The summed E-state index contributed by atoms with van der Waals surface area (Å²) in [4.78, 5) is 0. The first kappa shape index (κ1) is 16.5. The van der Waals surface area contributed by atoms with E-state index in [2.05, 4.69) is 51.2 Å². The molecule has 118 valence electrons. The van der Waals surface area contributed by atoms with Crippen LogP contribution in [0.1, 0.15) is 62.6 Å². The standard InChI is InChI=1S/C20H33N/c1-5-11-21-20(19-10-9-17(6-2)13-19)14-18-8-7-15(3)16(4)12-18/h7-8,12,17,19-21H,5-6,9-11,13-14H2,1-4H3. The summed E-state index contributed by atoms with van der Waals surface area (Å²) in [5, 5.41) is 3.84. The smallest absolute Gasteiger partial charge is 0.0136 e. The van der Waals surface area contributed by atoms with Gasteiger partial charge in [-0.1, -0.05) is 44.9 Å². The zero-order chi connectivity index (χ0) is 15.2. The van der Waals surface area contributed by atoms with E-state index >= 15 is 0 Å². The molecule has 0 aliphatic heterocycles. The summed E-state index contributed by atoms with van der Waals surface area (Å²) in [5.41, 5.74) is 4.34. The second-order valence-electron chi connectivity index (χ2n) is 7.03. The van der Waals surface area contributed by atoms with Crippen molar-refractivity contribution in [3.63, 3.8) is 0 Å². The lowest BCUT2D eigenvalue weighted by Crippen LogP contribution is -2.37. The van der Waals surface area contributed by atoms with Crippen molar-refractivity contribution in [2.45, 2.75) is 72.3 Å². The van der Waals surface area contributed by atoms with Gasteiger partial charge in [0.25, 0.3) is 0 Å². The van der Waals surface area contributed by atoms with Gasteiger partial charge in [0, 0.05) is 6.04 Å². The van der Waals surface area contributed by atoms with Gasteiger partial charge in [-0.3, -0.25) is 0 Å². The first-order valence-corrected chi connectivity index (χ1v) is 8.93. The number of benzene rings is 1. The summed E-state index contributed by atoms with van der Waals surface area (Å²) >= 11 is 0. The van der Waals surface area contributed by atoms with Gasteiger partial charge in [-0.2, -0.15) is 0 Å². The van der Waals surface area contributed by atoms with Gasteiger partial charge in [0.2, 0.25) is 0 Å². The molecule has 0 bridgehead atoms. The van der Waals surface area contributed by atoms with Crippen LogP contribution in [0.3, 0.4) is 0 Å². The molecule has 1 aromatic carbocycles. The van der Waals surface area contributed by atoms with Crippen molar-refractivity contribution < 1.29 is 0 Å². The summed E-state index contributed by atoms with van der Waals surface area (Å²) in [6, 6.07) is 7.67. The molecule has 0 aromatic heterocycles. The summed E-state index contributed by atoms with van der Waals surface area (Å²) < 4.78 is 0. The van der Waals surface area contributed by atoms with Crippen molar-refractivity contribution in [1.29, 1.82) is 0 Å². The molecule has 0 saturated heterocycles. The van der Waals surface area contributed by atoms with Crippen LogP contribution in [0.15, 0.2) is 18.2 Å². The van der Waals surface area contributed by atoms with E-state index in [1.54, 1.807) is 0 Å². The maximum Gasteiger partial charge on any atom is 0.0136 e. The van der Waals surface area contributed by atoms with Gasteiger partial charge in [-0.05, 0) is 74.6 Å². The van der Waals surface area contributed by atoms with E-state index in [0.29, 0.717) is 6.04 Å². The quantitative estimate of drug-likeness (QED) is 0.740. The van der Waals surface area contributed by atoms with Crippen molar-refractivity contribution in [2.75, 3.05) is 6.54 Å². The largest absolute Gasteiger partial charge is 0.313 e. The van der Waals surface area contributed by atoms with Crippen LogP contribution in [0.5, 0.6) is 0 Å². The Hall–Kier alpha value is -0.820. The molecule has 1 aliphatic carbocycles. The molecular formula is C20H33N. The number of hydrogen-bond donors (Lipinski definition) is 1. The number of rotatable bonds is 7. The maximum absolute atomic E-state index is 3.84. The molecule has 1 N–H and O–H groups in total. The SMILES string of the molecule is CCCNC(Cc1ccc(C)c(C)c1)C1CCC(CC)C1. The molecule has 1 saturated carbocycles. The third-order valence-corrected chi connectivity index (χ3v) is 5.41. The molecule has 1 aliphatic rings. The minimum Gasteiger partial charge on any atom is -0.313 e. The van der Waals surface area contributed by atoms with Crippen LogP contribution < -0.4 is 5.32 Å². The monoisotopic (exact) mass is 287 g/mol. The third-order valence-electron chi connectivity index (χ3n) is 5.41. The van der Waals surface area contributed by atoms with Crippen LogP contribution in [-0.4, -0.2) is 12.6 Å². The first-order valence-electron chi connectivity index (χ1n) is 8.93. The second kappa shape index (κ2) is 7.98. The molecule has 2 rings (SSSR count). The minimum absolute atomic E-state index is 0.670. The number of hydrogen-bond acceptors (Lipinski definition) is 1. The lowest BCUT2D eigenvalue weighted by Gasteiger charge is -2.25. The van der Waals surface area contributed by atoms with Gasteiger partial charge in [0.15, 0.2) is 0 Å². The Morgan fingerprint density at radius 3 is 2.57 bits per heavy atom. The lowest BCUT2D eigenvalue weighted by atomic mass is 9.90. The second-order valence-corrected chi connectivity index (χ2v) is 7.03. The van der Waals surface area contributed by atoms with Crippen LogP contribution >= 0.6 is 0 Å². The molecule has 21 heavy (non-hydrogen) atoms. The van der Waals surface area contributed by atoms with Crippen molar-refractivity contribution in [1.82, 2.24) is 5.32 Å². The average molecular weight is 287 g/mol. The molecule has 1 nitrogen and oxygen atoms in total. The summed E-state index contributed by atoms with van der Waals surface area (Å²) in [6.07, 6.45) is 8.09. The number of nitrogens with one attached hydrogen (secondary N) is 1. The van der Waals surface area contributed by atoms with E-state index in [1.807, 2.05) is 0 Å². The van der Waals surface area contributed by atoms with Gasteiger partial charge in [-0.25, -0.2) is 0 Å². The summed E-state index contributed by atoms with van der Waals surface area (Å²) in [6.45, 7) is 10.2. The summed E-state index contributed by atoms with van der Waals surface area (Å²) in [7, 11) is 0. The predicted octanol–water partition coefficient (Wildman–Crippen LogP) is 5.04. The highest BCUT2D eigenvalue weighted by Crippen LogP contribution is 2.35. The topological polar surface area (TPSA) is 12.0 Å². The first-order chi connectivity index (χ1) is 10.1. The van der Waals surface area contributed by atoms with Crippen LogP contribution in [0.25, 0.3) is 0 Å². The van der Waals surface area contributed by atoms with Crippen molar-refractivity contribution in [3.05, 3.63) is 34.9 Å². The highest BCUT2D eigenvalue weighted by atomic mass is 14.9. The molecule has 0 amide bonds. The minimum atomic E-state index is 0.670. The van der Waals surface area contributed by atoms with Crippen LogP contribution in [0.2, 0.25) is 0 Å². The van der Waals surface area contributed by atoms with Gasteiger partial charge in [-0.15, -0.1) is 0 Å². The van der Waals surface area contributed by atoms with Crippen LogP contribution in [-0.2, 0) is 6.42 Å². The van der Waals surface area contributed by atoms with Crippen molar-refractivity contribution in [2.24, 2.45) is 11.8 Å². The van der Waals surface area contributed by atoms with Gasteiger partial charge >= 0.3 is 0 Å². The zero-order valence-electron chi connectivity index (χ0n) is 14.4. The summed E-state index contributed by atoms with van der Waals surface area (Å²) in [5.74, 6) is 1.85. The molecule has 1 heteroatoms. The molecule has 0 heterocycles. The Bertz CT molecular complexity index is 437. The van der Waals surface area contributed by atoms with Crippen molar-refractivity contribution >= 4 is 0 Å². The maximum atomic E-state index is 3.84. The molecule has 3 atom stereocenters. The van der Waals surface area contributed by atoms with E-state index in [-0.39, 0.29) is 0 Å². The Kier molecular flexibility index (Phi) is 6.29. The van der Waals surface area contributed by atoms with Crippen LogP contribution in [0, 0.1) is 25.7 Å². The van der Waals surface area contributed by atoms with E-state index < -0.39 is 0 Å². The molecule has 1 fully saturated rings. The predicted molar refractivity (Wildman–Crippen MR) is 92.8 cm³/mol. The Morgan fingerprint density at radius 1 is 1.14 bits per heavy atom. The average Bonchev–Trinajstić information content (AvgIpc) is 2.96. The van der Waals surface area contributed by atoms with Gasteiger partial charge in [0.1, 0.15) is 0 Å². The molecule has 1 aromatic rings. The van der Waals surface area contributed by atoms with Gasteiger partial charge < -0.3 is 5.32 Å². The molecular weight excluding hydrogens is 254 g/mol. The highest BCUT2D eigenvalue weighted by molar-refractivity contribution is 5.30. The van der Waals surface area contributed by atoms with E-state index in [4.69, 9.17) is 0 Å². The highest BCUT2D eigenvalue weighted by Gasteiger charge is 2.29. The Labute approximate surface area is 131 Å². The van der Waals surface area contributed by atoms with E-state index in [0.717, 1.165) is 18.4 Å². The Balaban J connectivity index is 2.03. The fourth-order valence-corrected chi connectivity index (χ4v) is 3.77. The van der Waals surface area contributed by atoms with Crippen LogP contribution in [0.4, 0.5) is 0 Å². The Morgan fingerprint density at radius 2 is 1.95 bits per heavy atom. The molecule has 3 unspecified atom stereocenters. The third kappa shape index (κ3) is 4.57. The normalized spacial score (nSPS) is 23.4. The molecule has 0 radical (unpaired) electrons. The van der Waals surface area contributed by atoms with E-state index in [9.17, 15) is 0 Å². The molecule has 0 spiro atoms. The van der Waals surface area contributed by atoms with Gasteiger partial charge in [0.05, 0.1) is 0 Å². The number of aryl methyl sites for hydroxylation is 2. The zero-order valence-corrected chi connectivity index (χ0v) is 14.4. The lowest BCUT2D eigenvalue weighted by molar-refractivity contribution is 0.344.